The number of hydrogen-bond acceptors (Lipinski definition) is 3. The van der Waals surface area contributed by atoms with E-state index in [-0.39, 0.29) is 37.0 Å². The van der Waals surface area contributed by atoms with Gasteiger partial charge in [0.15, 0.2) is 0 Å². The Kier molecular flexibility index (Phi) is 5.73. The Morgan fingerprint density at radius 2 is 1.80 bits per heavy atom. The predicted octanol–water partition coefficient (Wildman–Crippen LogP) is 5.57. The van der Waals surface area contributed by atoms with Crippen molar-refractivity contribution in [3.8, 4) is 0 Å². The van der Waals surface area contributed by atoms with Gasteiger partial charge in [0, 0.05) is 10.6 Å². The summed E-state index contributed by atoms with van der Waals surface area (Å²) in [5.74, 6) is -2.42. The van der Waals surface area contributed by atoms with Crippen molar-refractivity contribution in [3.63, 3.8) is 0 Å². The molecular formula is C22H25ClF3NO3. The van der Waals surface area contributed by atoms with Gasteiger partial charge in [0.2, 0.25) is 0 Å². The number of rotatable bonds is 2. The van der Waals surface area contributed by atoms with Gasteiger partial charge in [-0.25, -0.2) is 0 Å². The fourth-order valence-electron chi connectivity index (χ4n) is 3.93. The molecule has 2 aliphatic rings. The van der Waals surface area contributed by atoms with Crippen LogP contribution in [-0.4, -0.2) is 23.6 Å². The van der Waals surface area contributed by atoms with Crippen LogP contribution in [-0.2, 0) is 14.3 Å². The SMILES string of the molecule is Cc1ccc(C2=C(OC(=O)C(C)(C)C)C3(CCC(C(F)(F)F)CC3)NC2=O)c(Cl)c1. The molecule has 0 aromatic heterocycles. The Balaban J connectivity index is 2.09. The molecule has 1 heterocycles. The Morgan fingerprint density at radius 3 is 2.30 bits per heavy atom. The van der Waals surface area contributed by atoms with Crippen LogP contribution in [0.2, 0.25) is 5.02 Å². The van der Waals surface area contributed by atoms with Gasteiger partial charge in [-0.1, -0.05) is 23.7 Å². The summed E-state index contributed by atoms with van der Waals surface area (Å²) in [6, 6.07) is 5.13. The molecule has 164 valence electrons. The molecule has 1 N–H and O–H groups in total. The van der Waals surface area contributed by atoms with Crippen molar-refractivity contribution in [3.05, 3.63) is 40.1 Å². The molecule has 1 amide bonds. The van der Waals surface area contributed by atoms with Gasteiger partial charge in [-0.2, -0.15) is 13.2 Å². The smallest absolute Gasteiger partial charge is 0.391 e. The van der Waals surface area contributed by atoms with Crippen molar-refractivity contribution in [1.82, 2.24) is 5.32 Å². The van der Waals surface area contributed by atoms with Crippen molar-refractivity contribution in [2.75, 3.05) is 0 Å². The number of halogens is 4. The second kappa shape index (κ2) is 7.59. The summed E-state index contributed by atoms with van der Waals surface area (Å²) >= 11 is 6.37. The molecular weight excluding hydrogens is 419 g/mol. The van der Waals surface area contributed by atoms with Crippen LogP contribution in [0.1, 0.15) is 57.6 Å². The summed E-state index contributed by atoms with van der Waals surface area (Å²) in [6.07, 6.45) is -4.55. The topological polar surface area (TPSA) is 55.4 Å². The van der Waals surface area contributed by atoms with E-state index in [1.807, 2.05) is 6.92 Å². The van der Waals surface area contributed by atoms with Crippen LogP contribution < -0.4 is 5.32 Å². The highest BCUT2D eigenvalue weighted by Crippen LogP contribution is 2.49. The molecule has 1 spiro atoms. The second-order valence-electron chi connectivity index (χ2n) is 9.18. The lowest BCUT2D eigenvalue weighted by Crippen LogP contribution is -2.49. The summed E-state index contributed by atoms with van der Waals surface area (Å²) in [4.78, 5) is 25.6. The van der Waals surface area contributed by atoms with E-state index in [1.54, 1.807) is 39.0 Å². The van der Waals surface area contributed by atoms with Crippen molar-refractivity contribution in [2.24, 2.45) is 11.3 Å². The number of esters is 1. The quantitative estimate of drug-likeness (QED) is 0.608. The zero-order chi connectivity index (χ0) is 22.5. The molecule has 3 rings (SSSR count). The molecule has 1 aliphatic heterocycles. The van der Waals surface area contributed by atoms with Crippen molar-refractivity contribution < 1.29 is 27.5 Å². The maximum absolute atomic E-state index is 13.2. The van der Waals surface area contributed by atoms with E-state index in [1.165, 1.54) is 0 Å². The summed E-state index contributed by atoms with van der Waals surface area (Å²) in [5, 5.41) is 3.13. The maximum Gasteiger partial charge on any atom is 0.391 e. The molecule has 0 atom stereocenters. The van der Waals surface area contributed by atoms with Crippen LogP contribution in [0.5, 0.6) is 0 Å². The highest BCUT2D eigenvalue weighted by molar-refractivity contribution is 6.35. The van der Waals surface area contributed by atoms with E-state index >= 15 is 0 Å². The number of carbonyl (C=O) groups excluding carboxylic acids is 2. The number of aryl methyl sites for hydroxylation is 1. The number of ether oxygens (including phenoxy) is 1. The van der Waals surface area contributed by atoms with E-state index in [4.69, 9.17) is 16.3 Å². The molecule has 1 aromatic carbocycles. The predicted molar refractivity (Wildman–Crippen MR) is 108 cm³/mol. The minimum atomic E-state index is -4.29. The first-order chi connectivity index (χ1) is 13.7. The lowest BCUT2D eigenvalue weighted by molar-refractivity contribution is -0.185. The van der Waals surface area contributed by atoms with Crippen molar-refractivity contribution in [1.29, 1.82) is 0 Å². The highest BCUT2D eigenvalue weighted by Gasteiger charge is 2.54. The standard InChI is InChI=1S/C22H25ClF3NO3/c1-12-5-6-14(15(23)11-12)16-17(30-19(29)20(2,3)4)21(27-18(16)28)9-7-13(8-10-21)22(24,25)26/h5-6,11,13H,7-10H2,1-4H3,(H,27,28). The molecule has 0 unspecified atom stereocenters. The third-order valence-corrected chi connectivity index (χ3v) is 6.06. The van der Waals surface area contributed by atoms with Gasteiger partial charge in [0.05, 0.1) is 22.4 Å². The first-order valence-corrected chi connectivity index (χ1v) is 10.3. The third-order valence-electron chi connectivity index (χ3n) is 5.74. The molecule has 0 saturated heterocycles. The number of hydrogen-bond donors (Lipinski definition) is 1. The van der Waals surface area contributed by atoms with Gasteiger partial charge in [-0.05, 0) is 65.0 Å². The Bertz CT molecular complexity index is 907. The number of alkyl halides is 3. The van der Waals surface area contributed by atoms with Gasteiger partial charge >= 0.3 is 12.1 Å². The summed E-state index contributed by atoms with van der Waals surface area (Å²) < 4.78 is 45.3. The molecule has 1 aliphatic carbocycles. The van der Waals surface area contributed by atoms with Gasteiger partial charge in [-0.3, -0.25) is 9.59 Å². The Labute approximate surface area is 178 Å². The molecule has 8 heteroatoms. The Hall–Kier alpha value is -2.02. The zero-order valence-corrected chi connectivity index (χ0v) is 18.1. The normalized spacial score (nSPS) is 24.9. The zero-order valence-electron chi connectivity index (χ0n) is 17.4. The Morgan fingerprint density at radius 1 is 1.20 bits per heavy atom. The van der Waals surface area contributed by atoms with Crippen LogP contribution in [0.4, 0.5) is 13.2 Å². The minimum Gasteiger partial charge on any atom is -0.427 e. The van der Waals surface area contributed by atoms with Crippen LogP contribution in [0.25, 0.3) is 5.57 Å². The van der Waals surface area contributed by atoms with Crippen LogP contribution in [0.3, 0.4) is 0 Å². The number of carbonyl (C=O) groups is 2. The van der Waals surface area contributed by atoms with E-state index < -0.39 is 34.9 Å². The molecule has 1 aromatic rings. The average molecular weight is 444 g/mol. The van der Waals surface area contributed by atoms with Crippen LogP contribution in [0.15, 0.2) is 24.0 Å². The molecule has 4 nitrogen and oxygen atoms in total. The molecule has 0 bridgehead atoms. The molecule has 1 fully saturated rings. The fourth-order valence-corrected chi connectivity index (χ4v) is 4.26. The van der Waals surface area contributed by atoms with E-state index in [0.29, 0.717) is 10.6 Å². The van der Waals surface area contributed by atoms with E-state index in [2.05, 4.69) is 5.32 Å². The van der Waals surface area contributed by atoms with Gasteiger partial charge in [0.25, 0.3) is 5.91 Å². The van der Waals surface area contributed by atoms with Gasteiger partial charge < -0.3 is 10.1 Å². The highest BCUT2D eigenvalue weighted by atomic mass is 35.5. The van der Waals surface area contributed by atoms with E-state index in [0.717, 1.165) is 5.56 Å². The maximum atomic E-state index is 13.2. The van der Waals surface area contributed by atoms with Crippen molar-refractivity contribution in [2.45, 2.75) is 65.1 Å². The summed E-state index contributed by atoms with van der Waals surface area (Å²) in [7, 11) is 0. The minimum absolute atomic E-state index is 0.0304. The average Bonchev–Trinajstić information content (AvgIpc) is 2.85. The van der Waals surface area contributed by atoms with Crippen molar-refractivity contribution >= 4 is 29.1 Å². The lowest BCUT2D eigenvalue weighted by atomic mass is 9.75. The first-order valence-electron chi connectivity index (χ1n) is 9.87. The largest absolute Gasteiger partial charge is 0.427 e. The number of amides is 1. The third kappa shape index (κ3) is 4.22. The lowest BCUT2D eigenvalue weighted by Gasteiger charge is -2.39. The number of nitrogens with one attached hydrogen (secondary N) is 1. The first kappa shape index (κ1) is 22.7. The van der Waals surface area contributed by atoms with Gasteiger partial charge in [-0.15, -0.1) is 0 Å². The summed E-state index contributed by atoms with van der Waals surface area (Å²) in [5.41, 5.74) is -0.611. The molecule has 1 saturated carbocycles. The van der Waals surface area contributed by atoms with Gasteiger partial charge in [0.1, 0.15) is 5.76 Å². The monoisotopic (exact) mass is 443 g/mol. The van der Waals surface area contributed by atoms with Crippen LogP contribution >= 0.6 is 11.6 Å². The number of benzene rings is 1. The molecule has 30 heavy (non-hydrogen) atoms. The second-order valence-corrected chi connectivity index (χ2v) is 9.59. The summed E-state index contributed by atoms with van der Waals surface area (Å²) in [6.45, 7) is 6.86. The fraction of sp³-hybridized carbons (Fsp3) is 0.545. The van der Waals surface area contributed by atoms with Crippen LogP contribution in [0, 0.1) is 18.3 Å². The van der Waals surface area contributed by atoms with E-state index in [9.17, 15) is 22.8 Å². The molecule has 0 radical (unpaired) electrons.